The van der Waals surface area contributed by atoms with E-state index in [2.05, 4.69) is 6.92 Å². The number of hydrogen-bond donors (Lipinski definition) is 1. The van der Waals surface area contributed by atoms with Crippen LogP contribution in [0.4, 0.5) is 0 Å². The standard InChI is InChI=1S/C16H22O5/c1-2-3-4-5-10-20-15(18)13-7-6-8-14(12-13)16(19)21-11-9-17/h6-8,12,17H,2-5,9-11H2,1H3. The van der Waals surface area contributed by atoms with Crippen LogP contribution in [0.1, 0.15) is 53.3 Å². The van der Waals surface area contributed by atoms with Crippen molar-refractivity contribution in [2.45, 2.75) is 32.6 Å². The second-order valence-corrected chi connectivity index (χ2v) is 4.64. The topological polar surface area (TPSA) is 72.8 Å². The number of carbonyl (C=O) groups excluding carboxylic acids is 2. The maximum absolute atomic E-state index is 11.9. The summed E-state index contributed by atoms with van der Waals surface area (Å²) in [5.41, 5.74) is 0.591. The Labute approximate surface area is 124 Å². The smallest absolute Gasteiger partial charge is 0.338 e. The molecule has 0 saturated heterocycles. The van der Waals surface area contributed by atoms with E-state index in [4.69, 9.17) is 14.6 Å². The van der Waals surface area contributed by atoms with Crippen LogP contribution in [0.2, 0.25) is 0 Å². The summed E-state index contributed by atoms with van der Waals surface area (Å²) in [6.07, 6.45) is 4.14. The molecule has 1 rings (SSSR count). The Morgan fingerprint density at radius 2 is 1.62 bits per heavy atom. The maximum Gasteiger partial charge on any atom is 0.338 e. The lowest BCUT2D eigenvalue weighted by Crippen LogP contribution is -2.11. The SMILES string of the molecule is CCCCCCOC(=O)c1cccc(C(=O)OCCO)c1. The minimum atomic E-state index is -0.568. The minimum Gasteiger partial charge on any atom is -0.462 e. The van der Waals surface area contributed by atoms with Crippen LogP contribution in [-0.4, -0.2) is 36.9 Å². The van der Waals surface area contributed by atoms with Crippen molar-refractivity contribution in [3.63, 3.8) is 0 Å². The van der Waals surface area contributed by atoms with Crippen molar-refractivity contribution < 1.29 is 24.2 Å². The van der Waals surface area contributed by atoms with Gasteiger partial charge in [0.2, 0.25) is 0 Å². The Balaban J connectivity index is 2.50. The fourth-order valence-corrected chi connectivity index (χ4v) is 1.77. The van der Waals surface area contributed by atoms with E-state index in [1.165, 1.54) is 6.07 Å². The highest BCUT2D eigenvalue weighted by Crippen LogP contribution is 2.09. The number of aliphatic hydroxyl groups is 1. The molecule has 0 amide bonds. The number of aliphatic hydroxyl groups excluding tert-OH is 1. The Kier molecular flexibility index (Phi) is 8.12. The number of benzene rings is 1. The summed E-state index contributed by atoms with van der Waals surface area (Å²) < 4.78 is 9.96. The molecule has 0 fully saturated rings. The van der Waals surface area contributed by atoms with E-state index in [-0.39, 0.29) is 18.8 Å². The molecule has 1 aromatic carbocycles. The molecule has 116 valence electrons. The van der Waals surface area contributed by atoms with Crippen LogP contribution >= 0.6 is 0 Å². The lowest BCUT2D eigenvalue weighted by Gasteiger charge is -2.06. The van der Waals surface area contributed by atoms with Gasteiger partial charge < -0.3 is 14.6 Å². The molecule has 5 nitrogen and oxygen atoms in total. The van der Waals surface area contributed by atoms with Crippen LogP contribution in [0.5, 0.6) is 0 Å². The third kappa shape index (κ3) is 6.40. The third-order valence-electron chi connectivity index (χ3n) is 2.89. The van der Waals surface area contributed by atoms with Crippen molar-refractivity contribution in [2.75, 3.05) is 19.8 Å². The van der Waals surface area contributed by atoms with Crippen molar-refractivity contribution in [1.82, 2.24) is 0 Å². The summed E-state index contributed by atoms with van der Waals surface area (Å²) in [4.78, 5) is 23.5. The predicted molar refractivity (Wildman–Crippen MR) is 78.2 cm³/mol. The fraction of sp³-hybridized carbons (Fsp3) is 0.500. The highest BCUT2D eigenvalue weighted by Gasteiger charge is 2.12. The van der Waals surface area contributed by atoms with Crippen molar-refractivity contribution in [2.24, 2.45) is 0 Å². The van der Waals surface area contributed by atoms with Gasteiger partial charge in [-0.05, 0) is 24.6 Å². The molecule has 1 N–H and O–H groups in total. The molecule has 0 aliphatic rings. The molecular weight excluding hydrogens is 272 g/mol. The lowest BCUT2D eigenvalue weighted by molar-refractivity contribution is 0.0433. The van der Waals surface area contributed by atoms with Gasteiger partial charge in [0.1, 0.15) is 6.61 Å². The first-order chi connectivity index (χ1) is 10.2. The first-order valence-corrected chi connectivity index (χ1v) is 7.24. The van der Waals surface area contributed by atoms with E-state index in [0.29, 0.717) is 12.2 Å². The molecule has 0 aliphatic heterocycles. The Hall–Kier alpha value is -1.88. The molecular formula is C16H22O5. The normalized spacial score (nSPS) is 10.2. The molecule has 0 unspecified atom stereocenters. The second kappa shape index (κ2) is 9.94. The number of hydrogen-bond acceptors (Lipinski definition) is 5. The van der Waals surface area contributed by atoms with Crippen LogP contribution in [0.3, 0.4) is 0 Å². The average molecular weight is 294 g/mol. The second-order valence-electron chi connectivity index (χ2n) is 4.64. The number of esters is 2. The number of unbranched alkanes of at least 4 members (excludes halogenated alkanes) is 3. The van der Waals surface area contributed by atoms with Crippen LogP contribution in [0.25, 0.3) is 0 Å². The van der Waals surface area contributed by atoms with Gasteiger partial charge in [0.05, 0.1) is 24.3 Å². The number of carbonyl (C=O) groups is 2. The molecule has 1 aromatic rings. The van der Waals surface area contributed by atoms with Crippen molar-refractivity contribution in [1.29, 1.82) is 0 Å². The van der Waals surface area contributed by atoms with E-state index in [0.717, 1.165) is 25.7 Å². The molecule has 0 heterocycles. The predicted octanol–water partition coefficient (Wildman–Crippen LogP) is 2.57. The Morgan fingerprint density at radius 3 is 2.19 bits per heavy atom. The van der Waals surface area contributed by atoms with Gasteiger partial charge in [0.15, 0.2) is 0 Å². The fourth-order valence-electron chi connectivity index (χ4n) is 1.77. The minimum absolute atomic E-state index is 0.0645. The third-order valence-corrected chi connectivity index (χ3v) is 2.89. The lowest BCUT2D eigenvalue weighted by atomic mass is 10.1. The first kappa shape index (κ1) is 17.2. The van der Waals surface area contributed by atoms with E-state index >= 15 is 0 Å². The van der Waals surface area contributed by atoms with Crippen LogP contribution < -0.4 is 0 Å². The summed E-state index contributed by atoms with van der Waals surface area (Å²) in [6.45, 7) is 2.21. The van der Waals surface area contributed by atoms with Gasteiger partial charge in [0, 0.05) is 0 Å². The molecule has 0 radical (unpaired) electrons. The summed E-state index contributed by atoms with van der Waals surface area (Å²) >= 11 is 0. The zero-order valence-electron chi connectivity index (χ0n) is 12.3. The molecule has 5 heteroatoms. The summed E-state index contributed by atoms with van der Waals surface area (Å²) in [7, 11) is 0. The van der Waals surface area contributed by atoms with Crippen LogP contribution in [-0.2, 0) is 9.47 Å². The van der Waals surface area contributed by atoms with Gasteiger partial charge in [-0.1, -0.05) is 32.3 Å². The van der Waals surface area contributed by atoms with Gasteiger partial charge in [-0.15, -0.1) is 0 Å². The number of rotatable bonds is 9. The van der Waals surface area contributed by atoms with E-state index in [1.807, 2.05) is 0 Å². The Morgan fingerprint density at radius 1 is 1.00 bits per heavy atom. The molecule has 0 atom stereocenters. The first-order valence-electron chi connectivity index (χ1n) is 7.24. The summed E-state index contributed by atoms with van der Waals surface area (Å²) in [5, 5.41) is 8.61. The highest BCUT2D eigenvalue weighted by molar-refractivity contribution is 5.95. The molecule has 0 saturated carbocycles. The zero-order valence-corrected chi connectivity index (χ0v) is 12.3. The molecule has 0 aliphatic carbocycles. The zero-order chi connectivity index (χ0) is 15.5. The maximum atomic E-state index is 11.9. The van der Waals surface area contributed by atoms with Gasteiger partial charge >= 0.3 is 11.9 Å². The number of ether oxygens (including phenoxy) is 2. The quantitative estimate of drug-likeness (QED) is 0.560. The van der Waals surface area contributed by atoms with Crippen molar-refractivity contribution in [3.8, 4) is 0 Å². The largest absolute Gasteiger partial charge is 0.462 e. The van der Waals surface area contributed by atoms with Crippen molar-refractivity contribution >= 4 is 11.9 Å². The van der Waals surface area contributed by atoms with Gasteiger partial charge in [-0.25, -0.2) is 9.59 Å². The summed E-state index contributed by atoms with van der Waals surface area (Å²) in [6, 6.07) is 6.19. The Bertz CT molecular complexity index is 456. The van der Waals surface area contributed by atoms with E-state index in [9.17, 15) is 9.59 Å². The van der Waals surface area contributed by atoms with E-state index in [1.54, 1.807) is 18.2 Å². The van der Waals surface area contributed by atoms with Crippen LogP contribution in [0.15, 0.2) is 24.3 Å². The molecule has 0 bridgehead atoms. The average Bonchev–Trinajstić information content (AvgIpc) is 2.52. The highest BCUT2D eigenvalue weighted by atomic mass is 16.5. The van der Waals surface area contributed by atoms with Gasteiger partial charge in [0.25, 0.3) is 0 Å². The monoisotopic (exact) mass is 294 g/mol. The van der Waals surface area contributed by atoms with Crippen molar-refractivity contribution in [3.05, 3.63) is 35.4 Å². The van der Waals surface area contributed by atoms with E-state index < -0.39 is 11.9 Å². The van der Waals surface area contributed by atoms with Gasteiger partial charge in [-0.3, -0.25) is 0 Å². The van der Waals surface area contributed by atoms with Crippen LogP contribution in [0, 0.1) is 0 Å². The molecule has 0 spiro atoms. The molecule has 21 heavy (non-hydrogen) atoms. The molecule has 0 aromatic heterocycles. The summed E-state index contributed by atoms with van der Waals surface area (Å²) in [5.74, 6) is -1.01. The van der Waals surface area contributed by atoms with Gasteiger partial charge in [-0.2, -0.15) is 0 Å².